The second-order valence-corrected chi connectivity index (χ2v) is 8.00. The van der Waals surface area contributed by atoms with Gasteiger partial charge in [-0.3, -0.25) is 0 Å². The summed E-state index contributed by atoms with van der Waals surface area (Å²) in [6.07, 6.45) is 2.95. The molecule has 5 aromatic rings. The van der Waals surface area contributed by atoms with E-state index in [1.54, 1.807) is 36.4 Å². The van der Waals surface area contributed by atoms with E-state index >= 15 is 0 Å². The highest BCUT2D eigenvalue weighted by atomic mass is 16.3. The molecule has 0 fully saturated rings. The molecular formula is C23H20N12O3. The zero-order chi connectivity index (χ0) is 26.6. The summed E-state index contributed by atoms with van der Waals surface area (Å²) in [4.78, 5) is 2.10. The Morgan fingerprint density at radius 3 is 1.58 bits per heavy atom. The van der Waals surface area contributed by atoms with Gasteiger partial charge in [0.05, 0.1) is 12.4 Å². The van der Waals surface area contributed by atoms with E-state index < -0.39 is 5.92 Å². The summed E-state index contributed by atoms with van der Waals surface area (Å²) in [5, 5.41) is 61.3. The summed E-state index contributed by atoms with van der Waals surface area (Å²) in [6, 6.07) is 16.2. The number of phenols is 3. The number of rotatable bonds is 7. The average molecular weight is 512 g/mol. The Morgan fingerprint density at radius 1 is 0.684 bits per heavy atom. The van der Waals surface area contributed by atoms with Crippen molar-refractivity contribution < 1.29 is 15.3 Å². The van der Waals surface area contributed by atoms with Crippen molar-refractivity contribution >= 4 is 24.3 Å². The number of nitrogens with two attached hydrogens (primary N) is 2. The van der Waals surface area contributed by atoms with Crippen LogP contribution < -0.4 is 11.5 Å². The third-order valence-corrected chi connectivity index (χ3v) is 5.54. The number of phenolic OH excluding ortho intramolecular Hbond substituents is 3. The lowest BCUT2D eigenvalue weighted by Gasteiger charge is -2.22. The smallest absolute Gasteiger partial charge is 0.263 e. The maximum atomic E-state index is 10.9. The Bertz CT molecular complexity index is 1540. The van der Waals surface area contributed by atoms with Crippen molar-refractivity contribution in [2.24, 2.45) is 10.2 Å². The number of hydrogen-bond acceptors (Lipinski definition) is 13. The molecule has 38 heavy (non-hydrogen) atoms. The maximum Gasteiger partial charge on any atom is 0.263 e. The predicted octanol–water partition coefficient (Wildman–Crippen LogP) is 0.885. The van der Waals surface area contributed by atoms with Crippen molar-refractivity contribution in [2.45, 2.75) is 5.92 Å². The van der Waals surface area contributed by atoms with Crippen LogP contribution in [0.1, 0.15) is 33.7 Å². The molecule has 2 aromatic heterocycles. The molecule has 15 heteroatoms. The molecule has 0 aliphatic rings. The van der Waals surface area contributed by atoms with Crippen LogP contribution in [-0.2, 0) is 0 Å². The van der Waals surface area contributed by atoms with E-state index in [2.05, 4.69) is 41.3 Å². The van der Waals surface area contributed by atoms with E-state index in [-0.39, 0.29) is 29.1 Å². The van der Waals surface area contributed by atoms with Gasteiger partial charge in [0.2, 0.25) is 0 Å². The molecule has 0 amide bonds. The van der Waals surface area contributed by atoms with E-state index in [1.165, 1.54) is 36.7 Å². The fourth-order valence-corrected chi connectivity index (χ4v) is 3.75. The summed E-state index contributed by atoms with van der Waals surface area (Å²) < 4.78 is 0. The summed E-state index contributed by atoms with van der Waals surface area (Å²) in [5.41, 5.74) is 14.1. The van der Waals surface area contributed by atoms with E-state index in [4.69, 9.17) is 11.5 Å². The summed E-state index contributed by atoms with van der Waals surface area (Å²) in [7, 11) is 0. The topological polar surface area (TPSA) is 225 Å². The molecule has 0 bridgehead atoms. The largest absolute Gasteiger partial charge is 0.508 e. The van der Waals surface area contributed by atoms with Crippen LogP contribution in [0.15, 0.2) is 70.9 Å². The molecule has 0 aliphatic carbocycles. The van der Waals surface area contributed by atoms with Gasteiger partial charge in [0, 0.05) is 17.0 Å². The number of benzene rings is 3. The van der Waals surface area contributed by atoms with Gasteiger partial charge in [0.15, 0.2) is 0 Å². The van der Waals surface area contributed by atoms with Gasteiger partial charge in [0.25, 0.3) is 11.9 Å². The zero-order valence-corrected chi connectivity index (χ0v) is 19.5. The Balaban J connectivity index is 1.60. The Morgan fingerprint density at radius 2 is 1.16 bits per heavy atom. The van der Waals surface area contributed by atoms with E-state index in [1.807, 2.05) is 0 Å². The first-order valence-electron chi connectivity index (χ1n) is 11.0. The highest BCUT2D eigenvalue weighted by Crippen LogP contribution is 2.41. The van der Waals surface area contributed by atoms with Crippen LogP contribution in [0.5, 0.6) is 17.2 Å². The molecule has 0 aliphatic heterocycles. The van der Waals surface area contributed by atoms with Crippen LogP contribution in [-0.4, -0.2) is 68.4 Å². The second kappa shape index (κ2) is 10.0. The zero-order valence-electron chi connectivity index (χ0n) is 19.5. The van der Waals surface area contributed by atoms with Crippen molar-refractivity contribution in [3.05, 3.63) is 88.5 Å². The molecule has 0 atom stereocenters. The summed E-state index contributed by atoms with van der Waals surface area (Å²) >= 11 is 0. The highest BCUT2D eigenvalue weighted by molar-refractivity contribution is 5.82. The number of anilines is 2. The normalized spacial score (nSPS) is 11.7. The molecule has 0 unspecified atom stereocenters. The molecule has 5 rings (SSSR count). The minimum Gasteiger partial charge on any atom is -0.508 e. The van der Waals surface area contributed by atoms with Crippen molar-refractivity contribution in [2.75, 3.05) is 11.5 Å². The highest BCUT2D eigenvalue weighted by Gasteiger charge is 2.24. The lowest BCUT2D eigenvalue weighted by Crippen LogP contribution is -2.06. The van der Waals surface area contributed by atoms with Crippen LogP contribution in [0.2, 0.25) is 0 Å². The lowest BCUT2D eigenvalue weighted by molar-refractivity contribution is 0.458. The number of nitrogens with zero attached hydrogens (tertiary/aromatic N) is 10. The third-order valence-electron chi connectivity index (χ3n) is 5.54. The third kappa shape index (κ3) is 4.92. The van der Waals surface area contributed by atoms with Gasteiger partial charge < -0.3 is 26.8 Å². The molecule has 7 N–H and O–H groups in total. The number of tetrazole rings is 2. The van der Waals surface area contributed by atoms with Gasteiger partial charge in [-0.2, -0.15) is 10.2 Å². The lowest BCUT2D eigenvalue weighted by atomic mass is 9.83. The first-order valence-corrected chi connectivity index (χ1v) is 11.0. The van der Waals surface area contributed by atoms with Crippen LogP contribution in [0.25, 0.3) is 0 Å². The molecule has 3 aromatic carbocycles. The molecule has 0 radical (unpaired) electrons. The SMILES string of the molecule is Nc1nnnn1/N=C/c1ccc(O)c(C(c2ccc(O)cc2)c2cc(/C=N/n3nnnc3N)ccc2O)c1. The van der Waals surface area contributed by atoms with Gasteiger partial charge in [-0.1, -0.05) is 31.9 Å². The van der Waals surface area contributed by atoms with Gasteiger partial charge >= 0.3 is 0 Å². The van der Waals surface area contributed by atoms with Crippen molar-refractivity contribution in [3.63, 3.8) is 0 Å². The molecule has 190 valence electrons. The van der Waals surface area contributed by atoms with Crippen molar-refractivity contribution in [1.29, 1.82) is 0 Å². The number of hydrogen-bond donors (Lipinski definition) is 5. The Labute approximate surface area is 214 Å². The molecule has 0 saturated carbocycles. The Hall–Kier alpha value is -5.86. The molecule has 2 heterocycles. The van der Waals surface area contributed by atoms with Crippen molar-refractivity contribution in [3.8, 4) is 17.2 Å². The number of aromatic hydroxyl groups is 3. The minimum absolute atomic E-state index is 0.00838. The minimum atomic E-state index is -0.659. The van der Waals surface area contributed by atoms with Gasteiger partial charge in [0.1, 0.15) is 17.2 Å². The quantitative estimate of drug-likeness (QED) is 0.152. The van der Waals surface area contributed by atoms with Gasteiger partial charge in [-0.05, 0) is 86.1 Å². The summed E-state index contributed by atoms with van der Waals surface area (Å²) in [5.74, 6) is -0.624. The predicted molar refractivity (Wildman–Crippen MR) is 136 cm³/mol. The van der Waals surface area contributed by atoms with E-state index in [0.717, 1.165) is 9.58 Å². The van der Waals surface area contributed by atoms with Crippen LogP contribution in [0, 0.1) is 0 Å². The first kappa shape index (κ1) is 23.9. The number of nitrogen functional groups attached to an aromatic ring is 2. The Kier molecular flexibility index (Phi) is 6.29. The fraction of sp³-hybridized carbons (Fsp3) is 0.0435. The van der Waals surface area contributed by atoms with Crippen molar-refractivity contribution in [1.82, 2.24) is 40.6 Å². The monoisotopic (exact) mass is 512 g/mol. The molecular weight excluding hydrogens is 492 g/mol. The van der Waals surface area contributed by atoms with Gasteiger partial charge in [-0.25, -0.2) is 0 Å². The standard InChI is InChI=1S/C23H20N12O3/c24-22-28-30-32-34(22)26-11-13-1-7-19(37)17(9-13)21(15-3-5-16(36)6-4-15)18-10-14(2-8-20(18)38)12-27-35-23(25)29-31-33-35/h1-12,21,36-38H,(H2,24,28,32)(H2,25,29,33)/b26-11+,27-12+. The molecule has 0 saturated heterocycles. The maximum absolute atomic E-state index is 10.9. The first-order chi connectivity index (χ1) is 18.4. The van der Waals surface area contributed by atoms with E-state index in [0.29, 0.717) is 27.8 Å². The number of aromatic nitrogens is 8. The molecule has 0 spiro atoms. The van der Waals surface area contributed by atoms with Crippen LogP contribution in [0.3, 0.4) is 0 Å². The molecule has 15 nitrogen and oxygen atoms in total. The van der Waals surface area contributed by atoms with Gasteiger partial charge in [-0.15, -0.1) is 0 Å². The average Bonchev–Trinajstić information content (AvgIpc) is 3.52. The van der Waals surface area contributed by atoms with Crippen LogP contribution in [0.4, 0.5) is 11.9 Å². The summed E-state index contributed by atoms with van der Waals surface area (Å²) in [6.45, 7) is 0. The van der Waals surface area contributed by atoms with Crippen LogP contribution >= 0.6 is 0 Å². The van der Waals surface area contributed by atoms with E-state index in [9.17, 15) is 15.3 Å². The fourth-order valence-electron chi connectivity index (χ4n) is 3.75. The second-order valence-electron chi connectivity index (χ2n) is 8.00.